The Hall–Kier alpha value is -0.870. The SMILES string of the molecule is CCCNC1c2ccccc2C(C)CC1S(=O)(=O)CC. The fourth-order valence-electron chi connectivity index (χ4n) is 3.16. The van der Waals surface area contributed by atoms with Gasteiger partial charge in [-0.15, -0.1) is 0 Å². The highest BCUT2D eigenvalue weighted by Crippen LogP contribution is 2.40. The molecule has 4 heteroatoms. The maximum absolute atomic E-state index is 12.4. The van der Waals surface area contributed by atoms with Gasteiger partial charge in [-0.3, -0.25) is 0 Å². The number of sulfone groups is 1. The number of nitrogens with one attached hydrogen (secondary N) is 1. The van der Waals surface area contributed by atoms with Crippen molar-refractivity contribution in [3.8, 4) is 0 Å². The fourth-order valence-corrected chi connectivity index (χ4v) is 4.83. The highest BCUT2D eigenvalue weighted by atomic mass is 32.2. The summed E-state index contributed by atoms with van der Waals surface area (Å²) in [4.78, 5) is 0. The Kier molecular flexibility index (Phi) is 4.86. The predicted molar refractivity (Wildman–Crippen MR) is 83.8 cm³/mol. The molecule has 0 amide bonds. The number of hydrogen-bond acceptors (Lipinski definition) is 3. The van der Waals surface area contributed by atoms with Crippen LogP contribution in [0.1, 0.15) is 56.7 Å². The van der Waals surface area contributed by atoms with E-state index in [9.17, 15) is 8.42 Å². The number of rotatable bonds is 5. The van der Waals surface area contributed by atoms with Crippen LogP contribution in [0.15, 0.2) is 24.3 Å². The monoisotopic (exact) mass is 295 g/mol. The van der Waals surface area contributed by atoms with Crippen molar-refractivity contribution in [3.05, 3.63) is 35.4 Å². The van der Waals surface area contributed by atoms with E-state index in [-0.39, 0.29) is 17.0 Å². The Bertz CT molecular complexity index is 553. The summed E-state index contributed by atoms with van der Waals surface area (Å²) in [6.07, 6.45) is 1.72. The Labute approximate surface area is 122 Å². The largest absolute Gasteiger partial charge is 0.309 e. The third kappa shape index (κ3) is 2.91. The number of benzene rings is 1. The molecule has 0 bridgehead atoms. The molecule has 0 spiro atoms. The Morgan fingerprint density at radius 3 is 2.45 bits per heavy atom. The predicted octanol–water partition coefficient (Wildman–Crippen LogP) is 3.04. The first-order valence-corrected chi connectivity index (χ1v) is 9.26. The van der Waals surface area contributed by atoms with E-state index in [2.05, 4.69) is 31.3 Å². The maximum atomic E-state index is 12.4. The van der Waals surface area contributed by atoms with E-state index in [4.69, 9.17) is 0 Å². The van der Waals surface area contributed by atoms with E-state index in [1.165, 1.54) is 11.1 Å². The number of fused-ring (bicyclic) bond motifs is 1. The molecule has 112 valence electrons. The van der Waals surface area contributed by atoms with Gasteiger partial charge >= 0.3 is 0 Å². The smallest absolute Gasteiger partial charge is 0.154 e. The molecule has 3 atom stereocenters. The molecule has 0 fully saturated rings. The minimum Gasteiger partial charge on any atom is -0.309 e. The van der Waals surface area contributed by atoms with E-state index in [1.54, 1.807) is 6.92 Å². The van der Waals surface area contributed by atoms with Crippen LogP contribution in [0.3, 0.4) is 0 Å². The van der Waals surface area contributed by atoms with Gasteiger partial charge in [-0.05, 0) is 36.4 Å². The molecule has 0 aliphatic heterocycles. The Balaban J connectivity index is 2.44. The minimum atomic E-state index is -3.04. The molecule has 1 aromatic carbocycles. The highest BCUT2D eigenvalue weighted by Gasteiger charge is 2.39. The van der Waals surface area contributed by atoms with Gasteiger partial charge in [-0.1, -0.05) is 45.0 Å². The van der Waals surface area contributed by atoms with Crippen molar-refractivity contribution >= 4 is 9.84 Å². The zero-order valence-electron chi connectivity index (χ0n) is 12.6. The van der Waals surface area contributed by atoms with E-state index in [1.807, 2.05) is 12.1 Å². The van der Waals surface area contributed by atoms with Gasteiger partial charge in [0.25, 0.3) is 0 Å². The normalized spacial score (nSPS) is 26.2. The standard InChI is InChI=1S/C16H25NO2S/c1-4-10-17-16-14-9-7-6-8-13(14)12(3)11-15(16)20(18,19)5-2/h6-9,12,15-17H,4-5,10-11H2,1-3H3. The van der Waals surface area contributed by atoms with Crippen molar-refractivity contribution in [2.75, 3.05) is 12.3 Å². The van der Waals surface area contributed by atoms with Crippen LogP contribution >= 0.6 is 0 Å². The fraction of sp³-hybridized carbons (Fsp3) is 0.625. The zero-order chi connectivity index (χ0) is 14.8. The first-order chi connectivity index (χ1) is 9.51. The van der Waals surface area contributed by atoms with Crippen LogP contribution in [0.4, 0.5) is 0 Å². The molecule has 0 saturated heterocycles. The molecule has 20 heavy (non-hydrogen) atoms. The molecule has 0 radical (unpaired) electrons. The van der Waals surface area contributed by atoms with E-state index < -0.39 is 9.84 Å². The molecule has 3 unspecified atom stereocenters. The summed E-state index contributed by atoms with van der Waals surface area (Å²) in [7, 11) is -3.04. The highest BCUT2D eigenvalue weighted by molar-refractivity contribution is 7.92. The lowest BCUT2D eigenvalue weighted by molar-refractivity contribution is 0.424. The maximum Gasteiger partial charge on any atom is 0.154 e. The average molecular weight is 295 g/mol. The van der Waals surface area contributed by atoms with Gasteiger partial charge in [0.15, 0.2) is 9.84 Å². The van der Waals surface area contributed by atoms with Gasteiger partial charge in [-0.25, -0.2) is 8.42 Å². The van der Waals surface area contributed by atoms with Crippen molar-refractivity contribution in [2.24, 2.45) is 0 Å². The molecular weight excluding hydrogens is 270 g/mol. The van der Waals surface area contributed by atoms with Gasteiger partial charge in [0.05, 0.1) is 5.25 Å². The lowest BCUT2D eigenvalue weighted by Gasteiger charge is -2.37. The molecule has 2 rings (SSSR count). The van der Waals surface area contributed by atoms with Crippen molar-refractivity contribution in [1.82, 2.24) is 5.32 Å². The lowest BCUT2D eigenvalue weighted by Crippen LogP contribution is -2.42. The van der Waals surface area contributed by atoms with Crippen LogP contribution in [-0.4, -0.2) is 26.0 Å². The number of hydrogen-bond donors (Lipinski definition) is 1. The first kappa shape index (κ1) is 15.5. The van der Waals surface area contributed by atoms with Crippen LogP contribution < -0.4 is 5.32 Å². The van der Waals surface area contributed by atoms with Crippen LogP contribution in [0, 0.1) is 0 Å². The van der Waals surface area contributed by atoms with Crippen LogP contribution in [-0.2, 0) is 9.84 Å². The summed E-state index contributed by atoms with van der Waals surface area (Å²) in [5.74, 6) is 0.522. The first-order valence-electron chi connectivity index (χ1n) is 7.55. The van der Waals surface area contributed by atoms with Gasteiger partial charge < -0.3 is 5.32 Å². The summed E-state index contributed by atoms with van der Waals surface area (Å²) < 4.78 is 24.9. The summed E-state index contributed by atoms with van der Waals surface area (Å²) in [6.45, 7) is 6.83. The van der Waals surface area contributed by atoms with Crippen molar-refractivity contribution < 1.29 is 8.42 Å². The van der Waals surface area contributed by atoms with Crippen molar-refractivity contribution in [1.29, 1.82) is 0 Å². The van der Waals surface area contributed by atoms with E-state index in [0.717, 1.165) is 13.0 Å². The Morgan fingerprint density at radius 2 is 1.85 bits per heavy atom. The second kappa shape index (κ2) is 6.27. The van der Waals surface area contributed by atoms with Crippen LogP contribution in [0.25, 0.3) is 0 Å². The summed E-state index contributed by atoms with van der Waals surface area (Å²) >= 11 is 0. The second-order valence-electron chi connectivity index (χ2n) is 5.69. The van der Waals surface area contributed by atoms with E-state index >= 15 is 0 Å². The van der Waals surface area contributed by atoms with Crippen LogP contribution in [0.5, 0.6) is 0 Å². The average Bonchev–Trinajstić information content (AvgIpc) is 2.46. The molecule has 1 aliphatic carbocycles. The van der Waals surface area contributed by atoms with Crippen molar-refractivity contribution in [3.63, 3.8) is 0 Å². The third-order valence-electron chi connectivity index (χ3n) is 4.30. The van der Waals surface area contributed by atoms with Crippen molar-refractivity contribution in [2.45, 2.75) is 50.8 Å². The lowest BCUT2D eigenvalue weighted by atomic mass is 9.80. The summed E-state index contributed by atoms with van der Waals surface area (Å²) in [6, 6.07) is 8.20. The summed E-state index contributed by atoms with van der Waals surface area (Å²) in [5, 5.41) is 3.16. The zero-order valence-corrected chi connectivity index (χ0v) is 13.4. The van der Waals surface area contributed by atoms with Gasteiger partial charge in [-0.2, -0.15) is 0 Å². The molecule has 0 aromatic heterocycles. The van der Waals surface area contributed by atoms with Gasteiger partial charge in [0.2, 0.25) is 0 Å². The topological polar surface area (TPSA) is 46.2 Å². The van der Waals surface area contributed by atoms with Gasteiger partial charge in [0.1, 0.15) is 0 Å². The molecule has 0 saturated carbocycles. The summed E-state index contributed by atoms with van der Waals surface area (Å²) in [5.41, 5.74) is 2.46. The molecule has 1 aliphatic rings. The second-order valence-corrected chi connectivity index (χ2v) is 8.20. The third-order valence-corrected chi connectivity index (χ3v) is 6.49. The molecular formula is C16H25NO2S. The molecule has 1 aromatic rings. The molecule has 1 N–H and O–H groups in total. The minimum absolute atomic E-state index is 0.0627. The Morgan fingerprint density at radius 1 is 1.20 bits per heavy atom. The van der Waals surface area contributed by atoms with Crippen LogP contribution in [0.2, 0.25) is 0 Å². The molecule has 3 nitrogen and oxygen atoms in total. The quantitative estimate of drug-likeness (QED) is 0.908. The van der Waals surface area contributed by atoms with Gasteiger partial charge in [0, 0.05) is 11.8 Å². The van der Waals surface area contributed by atoms with E-state index in [0.29, 0.717) is 12.3 Å². The molecule has 0 heterocycles.